The van der Waals surface area contributed by atoms with Gasteiger partial charge in [-0.1, -0.05) is 36.4 Å². The molecule has 3 aromatic rings. The minimum absolute atomic E-state index is 0.00232. The van der Waals surface area contributed by atoms with Gasteiger partial charge in [-0.25, -0.2) is 4.90 Å². The van der Waals surface area contributed by atoms with Crippen molar-refractivity contribution in [1.82, 2.24) is 0 Å². The van der Waals surface area contributed by atoms with Gasteiger partial charge in [0.1, 0.15) is 17.2 Å². The lowest BCUT2D eigenvalue weighted by molar-refractivity contribution is -0.274. The van der Waals surface area contributed by atoms with Crippen LogP contribution in [0.2, 0.25) is 0 Å². The van der Waals surface area contributed by atoms with E-state index in [1.54, 1.807) is 54.6 Å². The first-order chi connectivity index (χ1) is 16.3. The van der Waals surface area contributed by atoms with E-state index in [9.17, 15) is 22.8 Å². The first-order valence-corrected chi connectivity index (χ1v) is 10.3. The van der Waals surface area contributed by atoms with E-state index in [1.807, 2.05) is 6.92 Å². The van der Waals surface area contributed by atoms with Gasteiger partial charge < -0.3 is 14.8 Å². The molecule has 9 heteroatoms. The number of nitrogens with one attached hydrogen (secondary N) is 1. The third kappa shape index (κ3) is 4.88. The van der Waals surface area contributed by atoms with Crippen LogP contribution in [0.5, 0.6) is 11.5 Å². The highest BCUT2D eigenvalue weighted by Gasteiger charge is 2.40. The van der Waals surface area contributed by atoms with Gasteiger partial charge in [0.2, 0.25) is 0 Å². The van der Waals surface area contributed by atoms with Crippen LogP contribution in [0.25, 0.3) is 5.57 Å². The topological polar surface area (TPSA) is 67.9 Å². The van der Waals surface area contributed by atoms with Crippen molar-refractivity contribution < 1.29 is 32.2 Å². The zero-order valence-corrected chi connectivity index (χ0v) is 17.9. The monoisotopic (exact) mass is 468 g/mol. The van der Waals surface area contributed by atoms with Crippen molar-refractivity contribution in [3.05, 3.63) is 90.1 Å². The van der Waals surface area contributed by atoms with Gasteiger partial charge in [0, 0.05) is 11.8 Å². The van der Waals surface area contributed by atoms with E-state index >= 15 is 0 Å². The molecule has 1 aliphatic heterocycles. The second-order valence-corrected chi connectivity index (χ2v) is 7.19. The Kier molecular flexibility index (Phi) is 6.27. The first kappa shape index (κ1) is 22.9. The Hall–Kier alpha value is -4.27. The van der Waals surface area contributed by atoms with E-state index < -0.39 is 23.9 Å². The van der Waals surface area contributed by atoms with Gasteiger partial charge in [-0.3, -0.25) is 9.59 Å². The number of benzene rings is 3. The molecule has 174 valence electrons. The van der Waals surface area contributed by atoms with Crippen LogP contribution in [0.1, 0.15) is 12.5 Å². The summed E-state index contributed by atoms with van der Waals surface area (Å²) >= 11 is 0. The van der Waals surface area contributed by atoms with E-state index in [0.29, 0.717) is 29.3 Å². The Labute approximate surface area is 193 Å². The molecule has 0 unspecified atom stereocenters. The van der Waals surface area contributed by atoms with E-state index in [2.05, 4.69) is 10.1 Å². The van der Waals surface area contributed by atoms with Gasteiger partial charge >= 0.3 is 6.36 Å². The minimum atomic E-state index is -4.82. The summed E-state index contributed by atoms with van der Waals surface area (Å²) in [7, 11) is 0. The third-order valence-corrected chi connectivity index (χ3v) is 4.89. The highest BCUT2D eigenvalue weighted by molar-refractivity contribution is 6.46. The summed E-state index contributed by atoms with van der Waals surface area (Å²) in [6.45, 7) is 2.24. The molecule has 0 saturated carbocycles. The number of imide groups is 1. The zero-order chi connectivity index (χ0) is 24.3. The maximum absolute atomic E-state index is 13.4. The summed E-state index contributed by atoms with van der Waals surface area (Å²) in [4.78, 5) is 27.9. The summed E-state index contributed by atoms with van der Waals surface area (Å²) in [6.07, 6.45) is -4.82. The van der Waals surface area contributed by atoms with Gasteiger partial charge in [0.25, 0.3) is 11.8 Å². The lowest BCUT2D eigenvalue weighted by Gasteiger charge is -2.16. The second-order valence-electron chi connectivity index (χ2n) is 7.19. The van der Waals surface area contributed by atoms with Gasteiger partial charge in [-0.05, 0) is 48.9 Å². The number of nitrogens with zero attached hydrogens (tertiary/aromatic N) is 1. The van der Waals surface area contributed by atoms with Crippen molar-refractivity contribution in [3.8, 4) is 11.5 Å². The van der Waals surface area contributed by atoms with Crippen LogP contribution in [0.4, 0.5) is 24.5 Å². The quantitative estimate of drug-likeness (QED) is 0.472. The molecule has 1 aliphatic rings. The molecule has 0 aromatic heterocycles. The lowest BCUT2D eigenvalue weighted by atomic mass is 10.0. The van der Waals surface area contributed by atoms with Crippen LogP contribution < -0.4 is 19.7 Å². The molecular formula is C25H19F3N2O4. The number of hydrogen-bond acceptors (Lipinski definition) is 5. The number of ether oxygens (including phenoxy) is 2. The van der Waals surface area contributed by atoms with Crippen LogP contribution in [0.3, 0.4) is 0 Å². The van der Waals surface area contributed by atoms with E-state index in [4.69, 9.17) is 4.74 Å². The number of alkyl halides is 3. The molecule has 0 spiro atoms. The van der Waals surface area contributed by atoms with Crippen molar-refractivity contribution in [1.29, 1.82) is 0 Å². The van der Waals surface area contributed by atoms with Crippen molar-refractivity contribution in [3.63, 3.8) is 0 Å². The highest BCUT2D eigenvalue weighted by Crippen LogP contribution is 2.35. The van der Waals surface area contributed by atoms with Crippen LogP contribution >= 0.6 is 0 Å². The third-order valence-electron chi connectivity index (χ3n) is 4.89. The van der Waals surface area contributed by atoms with Gasteiger partial charge in [-0.2, -0.15) is 0 Å². The average Bonchev–Trinajstić information content (AvgIpc) is 3.04. The fourth-order valence-corrected chi connectivity index (χ4v) is 3.52. The van der Waals surface area contributed by atoms with E-state index in [0.717, 1.165) is 17.0 Å². The maximum atomic E-state index is 13.4. The number of carbonyl (C=O) groups excluding carboxylic acids is 2. The molecule has 0 aliphatic carbocycles. The molecular weight excluding hydrogens is 449 g/mol. The molecule has 0 bridgehead atoms. The first-order valence-electron chi connectivity index (χ1n) is 10.3. The van der Waals surface area contributed by atoms with Crippen molar-refractivity contribution in [2.45, 2.75) is 13.3 Å². The number of carbonyl (C=O) groups is 2. The predicted octanol–water partition coefficient (Wildman–Crippen LogP) is 5.38. The Morgan fingerprint density at radius 2 is 1.56 bits per heavy atom. The van der Waals surface area contributed by atoms with E-state index in [-0.39, 0.29) is 11.3 Å². The Bertz CT molecular complexity index is 1240. The molecule has 4 rings (SSSR count). The fraction of sp³-hybridized carbons (Fsp3) is 0.120. The zero-order valence-electron chi connectivity index (χ0n) is 17.9. The molecule has 0 saturated heterocycles. The second kappa shape index (κ2) is 9.30. The molecule has 1 N–H and O–H groups in total. The summed E-state index contributed by atoms with van der Waals surface area (Å²) in [5, 5.41) is 2.90. The molecule has 1 heterocycles. The van der Waals surface area contributed by atoms with E-state index in [1.165, 1.54) is 12.1 Å². The van der Waals surface area contributed by atoms with Crippen LogP contribution in [-0.2, 0) is 9.59 Å². The average molecular weight is 468 g/mol. The van der Waals surface area contributed by atoms with Crippen molar-refractivity contribution >= 4 is 28.8 Å². The largest absolute Gasteiger partial charge is 0.573 e. The molecule has 0 atom stereocenters. The number of halogens is 3. The van der Waals surface area contributed by atoms with Crippen molar-refractivity contribution in [2.75, 3.05) is 16.8 Å². The smallest absolute Gasteiger partial charge is 0.494 e. The Balaban J connectivity index is 1.70. The highest BCUT2D eigenvalue weighted by atomic mass is 19.4. The summed E-state index contributed by atoms with van der Waals surface area (Å²) in [6, 6.07) is 20.1. The number of rotatable bonds is 7. The summed E-state index contributed by atoms with van der Waals surface area (Å²) in [5.41, 5.74) is 1.30. The van der Waals surface area contributed by atoms with Gasteiger partial charge in [0.15, 0.2) is 0 Å². The SMILES string of the molecule is CCOc1cccc(N2C(=O)C(Nc3ccc(OC(F)(F)F)cc3)=C(c3ccccc3)C2=O)c1. The van der Waals surface area contributed by atoms with Crippen molar-refractivity contribution in [2.24, 2.45) is 0 Å². The Morgan fingerprint density at radius 1 is 0.853 bits per heavy atom. The summed E-state index contributed by atoms with van der Waals surface area (Å²) in [5.74, 6) is -1.04. The molecule has 0 radical (unpaired) electrons. The number of amides is 2. The van der Waals surface area contributed by atoms with Gasteiger partial charge in [0.05, 0.1) is 17.9 Å². The number of hydrogen-bond donors (Lipinski definition) is 1. The number of anilines is 2. The minimum Gasteiger partial charge on any atom is -0.494 e. The Morgan fingerprint density at radius 3 is 2.21 bits per heavy atom. The molecule has 6 nitrogen and oxygen atoms in total. The normalized spacial score (nSPS) is 13.9. The van der Waals surface area contributed by atoms with Gasteiger partial charge in [-0.15, -0.1) is 13.2 Å². The standard InChI is InChI=1S/C25H19F3N2O4/c1-2-33-20-10-6-9-18(15-20)30-23(31)21(16-7-4-3-5-8-16)22(24(30)32)29-17-11-13-19(14-12-17)34-25(26,27)28/h3-15,29H,2H2,1H3. The van der Waals surface area contributed by atoms with Crippen LogP contribution in [0.15, 0.2) is 84.6 Å². The molecule has 0 fully saturated rings. The summed E-state index contributed by atoms with van der Waals surface area (Å²) < 4.78 is 46.7. The molecule has 2 amide bonds. The molecule has 3 aromatic carbocycles. The molecule has 34 heavy (non-hydrogen) atoms. The fourth-order valence-electron chi connectivity index (χ4n) is 3.52. The van der Waals surface area contributed by atoms with Crippen LogP contribution in [-0.4, -0.2) is 24.8 Å². The predicted molar refractivity (Wildman–Crippen MR) is 120 cm³/mol. The van der Waals surface area contributed by atoms with Crippen LogP contribution in [0, 0.1) is 0 Å². The lowest BCUT2D eigenvalue weighted by Crippen LogP contribution is -2.32. The maximum Gasteiger partial charge on any atom is 0.573 e.